The molecule has 1 aliphatic carbocycles. The second kappa shape index (κ2) is 12.0. The first-order valence-electron chi connectivity index (χ1n) is 13.4. The van der Waals surface area contributed by atoms with Crippen LogP contribution in [0, 0.1) is 5.41 Å². The Morgan fingerprint density at radius 2 is 1.71 bits per heavy atom. The van der Waals surface area contributed by atoms with Crippen molar-refractivity contribution in [2.75, 3.05) is 5.32 Å². The van der Waals surface area contributed by atoms with Crippen LogP contribution >= 0.6 is 11.6 Å². The van der Waals surface area contributed by atoms with Crippen molar-refractivity contribution in [2.24, 2.45) is 5.41 Å². The number of halogens is 4. The number of hydrogen-bond donors (Lipinski definition) is 2. The third-order valence-electron chi connectivity index (χ3n) is 6.91. The number of aromatic nitrogens is 1. The Balaban J connectivity index is 1.59. The Hall–Kier alpha value is -3.78. The van der Waals surface area contributed by atoms with Gasteiger partial charge in [-0.2, -0.15) is 13.2 Å². The number of anilines is 1. The fraction of sp³-hybridized carbons (Fsp3) is 0.312. The predicted molar refractivity (Wildman–Crippen MR) is 159 cm³/mol. The average molecular weight is 584 g/mol. The summed E-state index contributed by atoms with van der Waals surface area (Å²) in [7, 11) is 0. The zero-order valence-corrected chi connectivity index (χ0v) is 24.2. The Labute approximate surface area is 242 Å². The van der Waals surface area contributed by atoms with E-state index in [9.17, 15) is 22.8 Å². The van der Waals surface area contributed by atoms with E-state index in [1.165, 1.54) is 0 Å². The van der Waals surface area contributed by atoms with Gasteiger partial charge in [-0.25, -0.2) is 0 Å². The lowest BCUT2D eigenvalue weighted by Gasteiger charge is -2.18. The van der Waals surface area contributed by atoms with Crippen molar-refractivity contribution in [1.82, 2.24) is 9.88 Å². The first-order chi connectivity index (χ1) is 19.3. The maximum Gasteiger partial charge on any atom is 0.412 e. The molecule has 1 aliphatic rings. The van der Waals surface area contributed by atoms with E-state index in [1.807, 2.05) is 45.9 Å². The van der Waals surface area contributed by atoms with Gasteiger partial charge in [-0.1, -0.05) is 62.7 Å². The van der Waals surface area contributed by atoms with Crippen LogP contribution in [0.3, 0.4) is 0 Å². The van der Waals surface area contributed by atoms with Gasteiger partial charge in [0, 0.05) is 46.4 Å². The SMILES string of the molecule is CCn1c(/C2=C/C=C(/C(F)(F)F)C/C=C\C2)cc2cc(NC(=O)c3cc(CNC(=O)C(C)(C)C)ccc3Cl)ccc21. The van der Waals surface area contributed by atoms with Gasteiger partial charge in [0.2, 0.25) is 5.91 Å². The summed E-state index contributed by atoms with van der Waals surface area (Å²) in [4.78, 5) is 25.4. The Kier molecular flexibility index (Phi) is 8.83. The molecular formula is C32H33ClF3N3O2. The van der Waals surface area contributed by atoms with Crippen LogP contribution in [0.1, 0.15) is 62.2 Å². The van der Waals surface area contributed by atoms with Crippen molar-refractivity contribution in [1.29, 1.82) is 0 Å². The van der Waals surface area contributed by atoms with Crippen LogP contribution in [0.15, 0.2) is 72.3 Å². The molecule has 1 heterocycles. The van der Waals surface area contributed by atoms with E-state index in [0.29, 0.717) is 18.7 Å². The minimum absolute atomic E-state index is 0.104. The number of nitrogens with zero attached hydrogens (tertiary/aromatic N) is 1. The van der Waals surface area contributed by atoms with Crippen molar-refractivity contribution in [3.8, 4) is 0 Å². The number of rotatable bonds is 6. The largest absolute Gasteiger partial charge is 0.412 e. The fourth-order valence-corrected chi connectivity index (χ4v) is 4.82. The van der Waals surface area contributed by atoms with Gasteiger partial charge in [0.1, 0.15) is 0 Å². The monoisotopic (exact) mass is 583 g/mol. The molecule has 216 valence electrons. The summed E-state index contributed by atoms with van der Waals surface area (Å²) in [6.07, 6.45) is 2.01. The highest BCUT2D eigenvalue weighted by molar-refractivity contribution is 6.34. The average Bonchev–Trinajstić information content (AvgIpc) is 3.24. The van der Waals surface area contributed by atoms with Crippen molar-refractivity contribution < 1.29 is 22.8 Å². The van der Waals surface area contributed by atoms with Gasteiger partial charge >= 0.3 is 6.18 Å². The Bertz CT molecular complexity index is 1570. The van der Waals surface area contributed by atoms with Gasteiger partial charge in [0.25, 0.3) is 5.91 Å². The zero-order valence-electron chi connectivity index (χ0n) is 23.5. The first-order valence-corrected chi connectivity index (χ1v) is 13.8. The number of carbonyl (C=O) groups excluding carboxylic acids is 2. The number of alkyl halides is 3. The van der Waals surface area contributed by atoms with E-state index >= 15 is 0 Å². The summed E-state index contributed by atoms with van der Waals surface area (Å²) in [5, 5.41) is 6.89. The molecule has 0 bridgehead atoms. The molecule has 2 amide bonds. The molecule has 5 nitrogen and oxygen atoms in total. The molecule has 0 radical (unpaired) electrons. The fourth-order valence-electron chi connectivity index (χ4n) is 4.62. The molecule has 0 unspecified atom stereocenters. The molecule has 9 heteroatoms. The predicted octanol–water partition coefficient (Wildman–Crippen LogP) is 8.45. The second-order valence-corrected chi connectivity index (χ2v) is 11.4. The van der Waals surface area contributed by atoms with Crippen LogP contribution in [0.25, 0.3) is 16.5 Å². The molecule has 41 heavy (non-hydrogen) atoms. The van der Waals surface area contributed by atoms with E-state index in [4.69, 9.17) is 11.6 Å². The van der Waals surface area contributed by atoms with E-state index < -0.39 is 23.1 Å². The number of aryl methyl sites for hydroxylation is 1. The first kappa shape index (κ1) is 30.2. The summed E-state index contributed by atoms with van der Waals surface area (Å²) >= 11 is 6.34. The van der Waals surface area contributed by atoms with Crippen molar-refractivity contribution in [3.63, 3.8) is 0 Å². The topological polar surface area (TPSA) is 63.1 Å². The van der Waals surface area contributed by atoms with Gasteiger partial charge in [-0.15, -0.1) is 0 Å². The molecule has 3 aromatic rings. The molecule has 0 saturated heterocycles. The van der Waals surface area contributed by atoms with Crippen LogP contribution in [-0.2, 0) is 17.9 Å². The summed E-state index contributed by atoms with van der Waals surface area (Å²) in [6, 6.07) is 12.5. The minimum atomic E-state index is -4.38. The smallest absolute Gasteiger partial charge is 0.352 e. The quantitative estimate of drug-likeness (QED) is 0.286. The standard InChI is InChI=1S/C32H33ClF3N3O2/c1-5-39-27-15-13-24(17-22(27)18-28(39)21-8-6-7-9-23(12-11-21)32(34,35)36)38-29(40)25-16-20(10-14-26(25)33)19-37-30(41)31(2,3)4/h6-7,10-18H,5,8-9,19H2,1-4H3,(H,37,41)(H,38,40)/b7-6-,21-11+,23-12+. The molecule has 4 rings (SSSR count). The summed E-state index contributed by atoms with van der Waals surface area (Å²) in [5.41, 5.74) is 2.94. The number of amides is 2. The summed E-state index contributed by atoms with van der Waals surface area (Å²) in [6.45, 7) is 8.33. The van der Waals surface area contributed by atoms with Crippen LogP contribution in [0.5, 0.6) is 0 Å². The van der Waals surface area contributed by atoms with Gasteiger partial charge < -0.3 is 15.2 Å². The molecule has 0 aliphatic heterocycles. The molecular weight excluding hydrogens is 551 g/mol. The van der Waals surface area contributed by atoms with Crippen LogP contribution in [0.4, 0.5) is 18.9 Å². The highest BCUT2D eigenvalue weighted by Crippen LogP contribution is 2.34. The molecule has 2 N–H and O–H groups in total. The van der Waals surface area contributed by atoms with Crippen LogP contribution in [0.2, 0.25) is 5.02 Å². The maximum atomic E-state index is 13.3. The van der Waals surface area contributed by atoms with Gasteiger partial charge in [0.15, 0.2) is 0 Å². The van der Waals surface area contributed by atoms with Crippen molar-refractivity contribution >= 4 is 45.6 Å². The van der Waals surface area contributed by atoms with E-state index in [-0.39, 0.29) is 29.5 Å². The van der Waals surface area contributed by atoms with Gasteiger partial charge in [-0.3, -0.25) is 9.59 Å². The summed E-state index contributed by atoms with van der Waals surface area (Å²) in [5.74, 6) is -0.501. The van der Waals surface area contributed by atoms with Crippen LogP contribution in [-0.4, -0.2) is 22.6 Å². The Morgan fingerprint density at radius 3 is 2.39 bits per heavy atom. The lowest BCUT2D eigenvalue weighted by atomic mass is 9.95. The number of allylic oxidation sites excluding steroid dienone is 6. The lowest BCUT2D eigenvalue weighted by Crippen LogP contribution is -2.34. The third kappa shape index (κ3) is 7.11. The highest BCUT2D eigenvalue weighted by atomic mass is 35.5. The Morgan fingerprint density at radius 1 is 0.976 bits per heavy atom. The number of benzene rings is 2. The number of carbonyl (C=O) groups is 2. The number of fused-ring (bicyclic) bond motifs is 1. The molecule has 0 spiro atoms. The normalized spacial score (nSPS) is 17.6. The number of nitrogens with one attached hydrogen (secondary N) is 2. The van der Waals surface area contributed by atoms with Crippen LogP contribution < -0.4 is 10.6 Å². The van der Waals surface area contributed by atoms with E-state index in [1.54, 1.807) is 42.5 Å². The zero-order chi connectivity index (χ0) is 29.9. The molecule has 1 aromatic heterocycles. The lowest BCUT2D eigenvalue weighted by molar-refractivity contribution is -0.128. The van der Waals surface area contributed by atoms with Crippen molar-refractivity contribution in [2.45, 2.75) is 59.8 Å². The molecule has 0 atom stereocenters. The van der Waals surface area contributed by atoms with Gasteiger partial charge in [0.05, 0.1) is 10.6 Å². The second-order valence-electron chi connectivity index (χ2n) is 11.0. The highest BCUT2D eigenvalue weighted by Gasteiger charge is 2.32. The van der Waals surface area contributed by atoms with E-state index in [0.717, 1.165) is 33.8 Å². The number of hydrogen-bond acceptors (Lipinski definition) is 2. The maximum absolute atomic E-state index is 13.3. The third-order valence-corrected chi connectivity index (χ3v) is 7.24. The van der Waals surface area contributed by atoms with E-state index in [2.05, 4.69) is 15.2 Å². The molecule has 0 fully saturated rings. The molecule has 0 saturated carbocycles. The molecule has 2 aromatic carbocycles. The van der Waals surface area contributed by atoms with Gasteiger partial charge in [-0.05, 0) is 67.3 Å². The summed E-state index contributed by atoms with van der Waals surface area (Å²) < 4.78 is 42.0. The minimum Gasteiger partial charge on any atom is -0.352 e. The van der Waals surface area contributed by atoms with Crippen molar-refractivity contribution in [3.05, 3.63) is 94.2 Å².